The van der Waals surface area contributed by atoms with Gasteiger partial charge in [-0.05, 0) is 48.0 Å². The number of nitrogens with zero attached hydrogens (tertiary/aromatic N) is 4. The van der Waals surface area contributed by atoms with E-state index in [0.717, 1.165) is 0 Å². The molecule has 0 fully saturated rings. The number of hydrogen-bond acceptors (Lipinski definition) is 8. The number of benzene rings is 1. The van der Waals surface area contributed by atoms with Crippen LogP contribution in [-0.4, -0.2) is 21.7 Å². The molecule has 0 aliphatic carbocycles. The molecule has 0 aliphatic heterocycles. The van der Waals surface area contributed by atoms with E-state index < -0.39 is 11.4 Å². The SMILES string of the molecule is CC.CC(C)(C#N)N=C/C(=C\N)Nc1ncc(Br)c(Nc2cc(N)ccc2F)n1. The molecule has 1 aromatic heterocycles. The van der Waals surface area contributed by atoms with Gasteiger partial charge in [0.05, 0.1) is 21.9 Å². The minimum Gasteiger partial charge on any atom is -0.403 e. The molecule has 0 saturated carbocycles. The van der Waals surface area contributed by atoms with Crippen LogP contribution in [-0.2, 0) is 0 Å². The fourth-order valence-corrected chi connectivity index (χ4v) is 2.08. The molecule has 8 nitrogen and oxygen atoms in total. The zero-order valence-electron chi connectivity index (χ0n) is 16.7. The third kappa shape index (κ3) is 7.38. The third-order valence-corrected chi connectivity index (χ3v) is 3.80. The Hall–Kier alpha value is -3.19. The largest absolute Gasteiger partial charge is 0.403 e. The number of halogens is 2. The van der Waals surface area contributed by atoms with Crippen LogP contribution in [0.25, 0.3) is 0 Å². The standard InChI is InChI=1S/C17H18BrFN8.C2H6/c1-17(2,9-21)24-7-11(6-20)25-16-23-8-12(18)15(27-16)26-14-5-10(22)3-4-13(14)19;1-2/h3-8H,20,22H2,1-2H3,(H2,23,25,26,27);1-2H3/b11-6+,24-7?;. The van der Waals surface area contributed by atoms with Gasteiger partial charge in [-0.25, -0.2) is 9.37 Å². The van der Waals surface area contributed by atoms with Crippen LogP contribution in [0.2, 0.25) is 0 Å². The van der Waals surface area contributed by atoms with E-state index in [2.05, 4.69) is 47.6 Å². The summed E-state index contributed by atoms with van der Waals surface area (Å²) < 4.78 is 14.5. The number of nitrogens with two attached hydrogens (primary N) is 2. The highest BCUT2D eigenvalue weighted by molar-refractivity contribution is 9.10. The first kappa shape index (κ1) is 23.8. The van der Waals surface area contributed by atoms with Crippen LogP contribution < -0.4 is 22.1 Å². The Morgan fingerprint density at radius 1 is 1.38 bits per heavy atom. The van der Waals surface area contributed by atoms with Crippen molar-refractivity contribution in [2.24, 2.45) is 10.7 Å². The second-order valence-corrected chi connectivity index (χ2v) is 6.78. The van der Waals surface area contributed by atoms with Gasteiger partial charge in [0, 0.05) is 24.3 Å². The molecule has 10 heteroatoms. The van der Waals surface area contributed by atoms with E-state index in [9.17, 15) is 4.39 Å². The number of nitrogen functional groups attached to an aromatic ring is 1. The zero-order chi connectivity index (χ0) is 22.0. The molecule has 1 aromatic carbocycles. The maximum atomic E-state index is 13.9. The lowest BCUT2D eigenvalue weighted by Crippen LogP contribution is -2.15. The molecule has 0 spiro atoms. The first-order valence-corrected chi connectivity index (χ1v) is 9.53. The highest BCUT2D eigenvalue weighted by atomic mass is 79.9. The Kier molecular flexibility index (Phi) is 9.02. The summed E-state index contributed by atoms with van der Waals surface area (Å²) in [4.78, 5) is 12.5. The second kappa shape index (κ2) is 11.0. The molecule has 0 unspecified atom stereocenters. The Bertz CT molecular complexity index is 934. The van der Waals surface area contributed by atoms with E-state index in [1.54, 1.807) is 13.8 Å². The molecule has 0 amide bonds. The highest BCUT2D eigenvalue weighted by Gasteiger charge is 2.13. The second-order valence-electron chi connectivity index (χ2n) is 5.93. The lowest BCUT2D eigenvalue weighted by atomic mass is 10.1. The predicted octanol–water partition coefficient (Wildman–Crippen LogP) is 4.32. The van der Waals surface area contributed by atoms with E-state index in [4.69, 9.17) is 16.7 Å². The lowest BCUT2D eigenvalue weighted by Gasteiger charge is -2.12. The summed E-state index contributed by atoms with van der Waals surface area (Å²) in [7, 11) is 0. The van der Waals surface area contributed by atoms with E-state index >= 15 is 0 Å². The fourth-order valence-electron chi connectivity index (χ4n) is 1.79. The Labute approximate surface area is 178 Å². The van der Waals surface area contributed by atoms with Gasteiger partial charge in [-0.1, -0.05) is 13.8 Å². The van der Waals surface area contributed by atoms with Crippen LogP contribution in [0.3, 0.4) is 0 Å². The van der Waals surface area contributed by atoms with Crippen LogP contribution in [0.4, 0.5) is 27.5 Å². The van der Waals surface area contributed by atoms with Crippen LogP contribution in [0.15, 0.2) is 45.8 Å². The molecular formula is C19H24BrFN8. The normalized spacial score (nSPS) is 11.4. The Morgan fingerprint density at radius 3 is 2.69 bits per heavy atom. The van der Waals surface area contributed by atoms with Crippen molar-refractivity contribution < 1.29 is 4.39 Å². The molecule has 0 saturated heterocycles. The molecular weight excluding hydrogens is 439 g/mol. The Balaban J connectivity index is 0.00000204. The predicted molar refractivity (Wildman–Crippen MR) is 119 cm³/mol. The number of aromatic nitrogens is 2. The monoisotopic (exact) mass is 462 g/mol. The first-order valence-electron chi connectivity index (χ1n) is 8.74. The average molecular weight is 463 g/mol. The smallest absolute Gasteiger partial charge is 0.229 e. The molecule has 154 valence electrons. The summed E-state index contributed by atoms with van der Waals surface area (Å²) in [6.45, 7) is 7.33. The van der Waals surface area contributed by atoms with E-state index in [1.165, 1.54) is 36.8 Å². The van der Waals surface area contributed by atoms with Gasteiger partial charge in [0.25, 0.3) is 0 Å². The van der Waals surface area contributed by atoms with Gasteiger partial charge in [0.15, 0.2) is 0 Å². The number of rotatable bonds is 6. The van der Waals surface area contributed by atoms with Crippen LogP contribution in [0.5, 0.6) is 0 Å². The minimum atomic E-state index is -0.895. The van der Waals surface area contributed by atoms with Gasteiger partial charge >= 0.3 is 0 Å². The molecule has 0 aliphatic rings. The van der Waals surface area contributed by atoms with Gasteiger partial charge in [-0.15, -0.1) is 0 Å². The molecule has 0 radical (unpaired) electrons. The number of hydrogen-bond donors (Lipinski definition) is 4. The van der Waals surface area contributed by atoms with Crippen LogP contribution >= 0.6 is 15.9 Å². The highest BCUT2D eigenvalue weighted by Crippen LogP contribution is 2.27. The lowest BCUT2D eigenvalue weighted by molar-refractivity contribution is 0.632. The van der Waals surface area contributed by atoms with E-state index in [-0.39, 0.29) is 11.6 Å². The van der Waals surface area contributed by atoms with Gasteiger partial charge in [0.1, 0.15) is 17.2 Å². The molecule has 6 N–H and O–H groups in total. The minimum absolute atomic E-state index is 0.173. The number of nitriles is 1. The van der Waals surface area contributed by atoms with Crippen LogP contribution in [0.1, 0.15) is 27.7 Å². The number of allylic oxidation sites excluding steroid dienone is 1. The van der Waals surface area contributed by atoms with Gasteiger partial charge in [-0.3, -0.25) is 4.99 Å². The summed E-state index contributed by atoms with van der Waals surface area (Å²) in [5, 5.41) is 14.7. The van der Waals surface area contributed by atoms with E-state index in [1.807, 2.05) is 13.8 Å². The van der Waals surface area contributed by atoms with Gasteiger partial charge < -0.3 is 22.1 Å². The maximum Gasteiger partial charge on any atom is 0.229 e. The van der Waals surface area contributed by atoms with Crippen molar-refractivity contribution in [1.82, 2.24) is 9.97 Å². The first-order chi connectivity index (χ1) is 13.7. The van der Waals surface area contributed by atoms with Crippen molar-refractivity contribution in [2.45, 2.75) is 33.2 Å². The summed E-state index contributed by atoms with van der Waals surface area (Å²) in [6, 6.07) is 6.23. The van der Waals surface area contributed by atoms with Crippen molar-refractivity contribution >= 4 is 45.3 Å². The van der Waals surface area contributed by atoms with Crippen molar-refractivity contribution in [3.05, 3.63) is 46.6 Å². The zero-order valence-corrected chi connectivity index (χ0v) is 18.2. The molecule has 29 heavy (non-hydrogen) atoms. The van der Waals surface area contributed by atoms with Gasteiger partial charge in [0.2, 0.25) is 5.95 Å². The molecule has 0 bridgehead atoms. The summed E-state index contributed by atoms with van der Waals surface area (Å²) in [5.74, 6) is 0.0447. The van der Waals surface area contributed by atoms with Crippen molar-refractivity contribution in [3.8, 4) is 6.07 Å². The average Bonchev–Trinajstić information content (AvgIpc) is 2.71. The number of aliphatic imine (C=N–C) groups is 1. The molecule has 2 rings (SSSR count). The number of nitrogens with one attached hydrogen (secondary N) is 2. The quantitative estimate of drug-likeness (QED) is 0.370. The topological polar surface area (TPSA) is 138 Å². The van der Waals surface area contributed by atoms with Crippen molar-refractivity contribution in [3.63, 3.8) is 0 Å². The molecule has 2 aromatic rings. The van der Waals surface area contributed by atoms with Gasteiger partial charge in [-0.2, -0.15) is 10.2 Å². The summed E-state index contributed by atoms with van der Waals surface area (Å²) in [5.41, 5.74) is 11.3. The summed E-state index contributed by atoms with van der Waals surface area (Å²) >= 11 is 3.31. The molecule has 0 atom stereocenters. The third-order valence-electron chi connectivity index (χ3n) is 3.22. The fraction of sp³-hybridized carbons (Fsp3) is 0.263. The summed E-state index contributed by atoms with van der Waals surface area (Å²) in [6.07, 6.45) is 4.18. The maximum absolute atomic E-state index is 13.9. The van der Waals surface area contributed by atoms with Crippen molar-refractivity contribution in [2.75, 3.05) is 16.4 Å². The van der Waals surface area contributed by atoms with E-state index in [0.29, 0.717) is 21.7 Å². The number of anilines is 4. The molecule has 1 heterocycles. The van der Waals surface area contributed by atoms with Crippen molar-refractivity contribution in [1.29, 1.82) is 5.26 Å². The van der Waals surface area contributed by atoms with Crippen LogP contribution in [0, 0.1) is 17.1 Å². The Morgan fingerprint density at radius 2 is 2.07 bits per heavy atom.